The topological polar surface area (TPSA) is 66.4 Å². The van der Waals surface area contributed by atoms with Crippen molar-refractivity contribution in [3.63, 3.8) is 0 Å². The number of benzene rings is 1. The second kappa shape index (κ2) is 9.50. The zero-order chi connectivity index (χ0) is 20.1. The number of thioether (sulfide) groups is 1. The average Bonchev–Trinajstić information content (AvgIpc) is 2.89. The largest absolute Gasteiger partial charge is 0.303 e. The molecular formula is C22H26N4O2S. The fourth-order valence-corrected chi connectivity index (χ4v) is 4.93. The van der Waals surface area contributed by atoms with Gasteiger partial charge in [0, 0.05) is 29.8 Å². The van der Waals surface area contributed by atoms with Crippen molar-refractivity contribution in [2.45, 2.75) is 36.5 Å². The molecule has 0 spiro atoms. The normalized spacial score (nSPS) is 18.6. The molecule has 0 bridgehead atoms. The van der Waals surface area contributed by atoms with E-state index in [9.17, 15) is 9.59 Å². The van der Waals surface area contributed by atoms with E-state index in [4.69, 9.17) is 0 Å². The van der Waals surface area contributed by atoms with E-state index < -0.39 is 0 Å². The van der Waals surface area contributed by atoms with Crippen molar-refractivity contribution in [1.82, 2.24) is 19.8 Å². The van der Waals surface area contributed by atoms with E-state index >= 15 is 0 Å². The molecule has 4 rings (SSSR count). The molecule has 2 aliphatic heterocycles. The van der Waals surface area contributed by atoms with Gasteiger partial charge in [-0.1, -0.05) is 12.1 Å². The Morgan fingerprint density at radius 1 is 0.966 bits per heavy atom. The molecule has 2 amide bonds. The fourth-order valence-electron chi connectivity index (χ4n) is 4.01. The first-order valence-corrected chi connectivity index (χ1v) is 11.3. The molecule has 1 aromatic carbocycles. The minimum absolute atomic E-state index is 0.0834. The Balaban J connectivity index is 1.23. The van der Waals surface area contributed by atoms with Crippen LogP contribution in [0.4, 0.5) is 0 Å². The highest BCUT2D eigenvalue weighted by Gasteiger charge is 2.28. The van der Waals surface area contributed by atoms with Gasteiger partial charge in [0.2, 0.25) is 5.91 Å². The number of hydrogen-bond acceptors (Lipinski definition) is 6. The Morgan fingerprint density at radius 3 is 2.48 bits per heavy atom. The summed E-state index contributed by atoms with van der Waals surface area (Å²) in [5, 5.41) is 0. The van der Waals surface area contributed by atoms with Gasteiger partial charge in [-0.2, -0.15) is 0 Å². The number of fused-ring (bicyclic) bond motifs is 1. The molecule has 3 heterocycles. The third kappa shape index (κ3) is 4.85. The number of aromatic nitrogens is 2. The summed E-state index contributed by atoms with van der Waals surface area (Å²) in [6, 6.07) is 9.35. The Kier molecular flexibility index (Phi) is 6.56. The highest BCUT2D eigenvalue weighted by atomic mass is 32.2. The highest BCUT2D eigenvalue weighted by molar-refractivity contribution is 8.00. The lowest BCUT2D eigenvalue weighted by atomic mass is 9.96. The monoisotopic (exact) mass is 410 g/mol. The predicted molar refractivity (Wildman–Crippen MR) is 113 cm³/mol. The molecule has 1 saturated heterocycles. The number of carbonyl (C=O) groups excluding carboxylic acids is 2. The second-order valence-electron chi connectivity index (χ2n) is 7.57. The van der Waals surface area contributed by atoms with Gasteiger partial charge in [0.25, 0.3) is 5.91 Å². The molecule has 0 saturated carbocycles. The van der Waals surface area contributed by atoms with Crippen molar-refractivity contribution in [3.05, 3.63) is 54.1 Å². The fraction of sp³-hybridized carbons (Fsp3) is 0.455. The van der Waals surface area contributed by atoms with Crippen LogP contribution in [0.5, 0.6) is 0 Å². The standard InChI is InChI=1S/C22H26N4O2S/c27-20-16-29-19-7-2-1-6-18(19)22(28)26(20)13-4-3-12-25-14-8-17(9-15-25)21-23-10-5-11-24-21/h1-2,5-7,10-11,17H,3-4,8-9,12-16H2. The summed E-state index contributed by atoms with van der Waals surface area (Å²) in [4.78, 5) is 38.8. The van der Waals surface area contributed by atoms with Gasteiger partial charge in [-0.15, -0.1) is 11.8 Å². The minimum Gasteiger partial charge on any atom is -0.303 e. The maximum Gasteiger partial charge on any atom is 0.261 e. The number of unbranched alkanes of at least 4 members (excludes halogenated alkanes) is 1. The van der Waals surface area contributed by atoms with Gasteiger partial charge in [-0.25, -0.2) is 9.97 Å². The Hall–Kier alpha value is -2.25. The van der Waals surface area contributed by atoms with Crippen LogP contribution < -0.4 is 0 Å². The van der Waals surface area contributed by atoms with Crippen molar-refractivity contribution in [2.24, 2.45) is 0 Å². The smallest absolute Gasteiger partial charge is 0.261 e. The second-order valence-corrected chi connectivity index (χ2v) is 8.58. The summed E-state index contributed by atoms with van der Waals surface area (Å²) < 4.78 is 0. The number of nitrogens with zero attached hydrogens (tertiary/aromatic N) is 4. The first-order valence-electron chi connectivity index (χ1n) is 10.3. The van der Waals surface area contributed by atoms with Crippen LogP contribution in [0.25, 0.3) is 0 Å². The number of imide groups is 1. The number of hydrogen-bond donors (Lipinski definition) is 0. The lowest BCUT2D eigenvalue weighted by molar-refractivity contribution is -0.125. The van der Waals surface area contributed by atoms with Gasteiger partial charge in [-0.3, -0.25) is 14.5 Å². The molecule has 0 radical (unpaired) electrons. The van der Waals surface area contributed by atoms with Crippen LogP contribution in [0.2, 0.25) is 0 Å². The summed E-state index contributed by atoms with van der Waals surface area (Å²) >= 11 is 1.45. The molecule has 1 aromatic heterocycles. The van der Waals surface area contributed by atoms with Crippen molar-refractivity contribution < 1.29 is 9.59 Å². The van der Waals surface area contributed by atoms with Gasteiger partial charge in [-0.05, 0) is 63.5 Å². The van der Waals surface area contributed by atoms with Crippen LogP contribution in [-0.2, 0) is 4.79 Å². The number of piperidine rings is 1. The quantitative estimate of drug-likeness (QED) is 0.538. The molecule has 2 aromatic rings. The molecule has 2 aliphatic rings. The van der Waals surface area contributed by atoms with E-state index in [1.165, 1.54) is 16.7 Å². The van der Waals surface area contributed by atoms with Crippen molar-refractivity contribution in [2.75, 3.05) is 31.9 Å². The van der Waals surface area contributed by atoms with Gasteiger partial charge in [0.1, 0.15) is 5.82 Å². The van der Waals surface area contributed by atoms with Crippen LogP contribution in [-0.4, -0.2) is 63.5 Å². The Morgan fingerprint density at radius 2 is 1.69 bits per heavy atom. The lowest BCUT2D eigenvalue weighted by Crippen LogP contribution is -2.38. The van der Waals surface area contributed by atoms with Crippen LogP contribution in [0.15, 0.2) is 47.6 Å². The third-order valence-corrected chi connectivity index (χ3v) is 6.72. The van der Waals surface area contributed by atoms with E-state index in [1.54, 1.807) is 0 Å². The third-order valence-electron chi connectivity index (χ3n) is 5.66. The molecule has 1 fully saturated rings. The molecule has 0 N–H and O–H groups in total. The number of amides is 2. The van der Waals surface area contributed by atoms with Crippen LogP contribution in [0.3, 0.4) is 0 Å². The Bertz CT molecular complexity index is 853. The average molecular weight is 411 g/mol. The molecule has 152 valence electrons. The van der Waals surface area contributed by atoms with Gasteiger partial charge < -0.3 is 4.90 Å². The summed E-state index contributed by atoms with van der Waals surface area (Å²) in [5.41, 5.74) is 0.647. The van der Waals surface area contributed by atoms with Crippen molar-refractivity contribution in [1.29, 1.82) is 0 Å². The SMILES string of the molecule is O=C1CSc2ccccc2C(=O)N1CCCCN1CCC(c2ncccn2)CC1. The van der Waals surface area contributed by atoms with E-state index in [2.05, 4.69) is 14.9 Å². The minimum atomic E-state index is -0.153. The molecule has 6 nitrogen and oxygen atoms in total. The van der Waals surface area contributed by atoms with Crippen LogP contribution in [0, 0.1) is 0 Å². The van der Waals surface area contributed by atoms with Gasteiger partial charge in [0.15, 0.2) is 0 Å². The van der Waals surface area contributed by atoms with E-state index in [0.29, 0.717) is 23.8 Å². The number of carbonyl (C=O) groups is 2. The summed E-state index contributed by atoms with van der Waals surface area (Å²) in [6.07, 6.45) is 7.63. The van der Waals surface area contributed by atoms with E-state index in [-0.39, 0.29) is 11.8 Å². The first-order chi connectivity index (χ1) is 14.2. The summed E-state index contributed by atoms with van der Waals surface area (Å²) in [5.74, 6) is 1.51. The van der Waals surface area contributed by atoms with Crippen molar-refractivity contribution >= 4 is 23.6 Å². The van der Waals surface area contributed by atoms with Gasteiger partial charge in [0.05, 0.1) is 11.3 Å². The van der Waals surface area contributed by atoms with Gasteiger partial charge >= 0.3 is 0 Å². The Labute approximate surface area is 175 Å². The maximum atomic E-state index is 12.8. The van der Waals surface area contributed by atoms with Crippen LogP contribution in [0.1, 0.15) is 47.8 Å². The molecule has 7 heteroatoms. The van der Waals surface area contributed by atoms with Crippen molar-refractivity contribution in [3.8, 4) is 0 Å². The zero-order valence-electron chi connectivity index (χ0n) is 16.5. The highest BCUT2D eigenvalue weighted by Crippen LogP contribution is 2.28. The van der Waals surface area contributed by atoms with E-state index in [0.717, 1.165) is 56.0 Å². The lowest BCUT2D eigenvalue weighted by Gasteiger charge is -2.31. The number of rotatable bonds is 6. The summed E-state index contributed by atoms with van der Waals surface area (Å²) in [7, 11) is 0. The van der Waals surface area contributed by atoms with Crippen LogP contribution >= 0.6 is 11.8 Å². The molecule has 29 heavy (non-hydrogen) atoms. The molecule has 0 unspecified atom stereocenters. The molecule has 0 aliphatic carbocycles. The predicted octanol–water partition coefficient (Wildman–Crippen LogP) is 3.21. The molecular weight excluding hydrogens is 384 g/mol. The maximum absolute atomic E-state index is 12.8. The summed E-state index contributed by atoms with van der Waals surface area (Å²) in [6.45, 7) is 3.60. The van der Waals surface area contributed by atoms with E-state index in [1.807, 2.05) is 42.7 Å². The molecule has 0 atom stereocenters. The first kappa shape index (κ1) is 20.0. The number of likely N-dealkylation sites (tertiary alicyclic amines) is 1. The zero-order valence-corrected chi connectivity index (χ0v) is 17.3.